The van der Waals surface area contributed by atoms with Gasteiger partial charge in [-0.25, -0.2) is 8.42 Å². The van der Waals surface area contributed by atoms with E-state index in [4.69, 9.17) is 14.2 Å². The van der Waals surface area contributed by atoms with Crippen molar-refractivity contribution in [2.75, 3.05) is 44.5 Å². The predicted molar refractivity (Wildman–Crippen MR) is 125 cm³/mol. The summed E-state index contributed by atoms with van der Waals surface area (Å²) >= 11 is 0. The highest BCUT2D eigenvalue weighted by Gasteiger charge is 2.24. The lowest BCUT2D eigenvalue weighted by molar-refractivity contribution is -0.119. The molecule has 9 heteroatoms. The van der Waals surface area contributed by atoms with Crippen LogP contribution in [0.5, 0.6) is 17.2 Å². The number of nitrogens with one attached hydrogen (secondary N) is 1. The third kappa shape index (κ3) is 6.78. The van der Waals surface area contributed by atoms with E-state index < -0.39 is 15.9 Å². The number of carbonyl (C=O) groups excluding carboxylic acids is 1. The van der Waals surface area contributed by atoms with E-state index in [1.54, 1.807) is 18.2 Å². The average Bonchev–Trinajstić information content (AvgIpc) is 2.73. The number of benzene rings is 2. The minimum atomic E-state index is -3.74. The molecule has 0 aliphatic carbocycles. The van der Waals surface area contributed by atoms with Crippen LogP contribution in [0.1, 0.15) is 26.3 Å². The predicted octanol–water partition coefficient (Wildman–Crippen LogP) is 2.96. The average molecular weight is 465 g/mol. The van der Waals surface area contributed by atoms with Crippen molar-refractivity contribution >= 4 is 21.6 Å². The van der Waals surface area contributed by atoms with Crippen LogP contribution in [-0.2, 0) is 20.2 Å². The SMILES string of the molecule is COc1ccc(N(CC(=O)NCCOc2ccccc2C(C)(C)C)S(C)(=O)=O)c(OC)c1. The molecular formula is C23H32N2O6S. The number of rotatable bonds is 10. The summed E-state index contributed by atoms with van der Waals surface area (Å²) in [6, 6.07) is 12.5. The van der Waals surface area contributed by atoms with Crippen molar-refractivity contribution in [3.8, 4) is 17.2 Å². The molecule has 0 bridgehead atoms. The van der Waals surface area contributed by atoms with Gasteiger partial charge in [0.25, 0.3) is 0 Å². The molecule has 2 rings (SSSR count). The van der Waals surface area contributed by atoms with Crippen LogP contribution in [0.2, 0.25) is 0 Å². The molecule has 0 fully saturated rings. The highest BCUT2D eigenvalue weighted by Crippen LogP contribution is 2.33. The van der Waals surface area contributed by atoms with Crippen LogP contribution in [0.15, 0.2) is 42.5 Å². The Hall–Kier alpha value is -2.94. The van der Waals surface area contributed by atoms with Crippen LogP contribution < -0.4 is 23.8 Å². The molecular weight excluding hydrogens is 432 g/mol. The summed E-state index contributed by atoms with van der Waals surface area (Å²) in [5.41, 5.74) is 1.25. The first-order valence-corrected chi connectivity index (χ1v) is 12.0. The molecule has 176 valence electrons. The van der Waals surface area contributed by atoms with Crippen LogP contribution in [0.3, 0.4) is 0 Å². The Labute approximate surface area is 190 Å². The largest absolute Gasteiger partial charge is 0.497 e. The fourth-order valence-electron chi connectivity index (χ4n) is 3.12. The number of ether oxygens (including phenoxy) is 3. The van der Waals surface area contributed by atoms with Crippen molar-refractivity contribution in [2.24, 2.45) is 0 Å². The number of hydrogen-bond acceptors (Lipinski definition) is 6. The van der Waals surface area contributed by atoms with Gasteiger partial charge in [0.05, 0.1) is 32.7 Å². The van der Waals surface area contributed by atoms with E-state index in [1.165, 1.54) is 14.2 Å². The van der Waals surface area contributed by atoms with Crippen LogP contribution in [-0.4, -0.2) is 54.5 Å². The lowest BCUT2D eigenvalue weighted by Crippen LogP contribution is -2.41. The van der Waals surface area contributed by atoms with E-state index in [0.717, 1.165) is 21.9 Å². The number of anilines is 1. The summed E-state index contributed by atoms with van der Waals surface area (Å²) < 4.78 is 42.0. The topological polar surface area (TPSA) is 94.2 Å². The first-order chi connectivity index (χ1) is 15.0. The van der Waals surface area contributed by atoms with Gasteiger partial charge in [0.2, 0.25) is 15.9 Å². The summed E-state index contributed by atoms with van der Waals surface area (Å²) in [6.45, 7) is 6.40. The maximum absolute atomic E-state index is 12.5. The molecule has 8 nitrogen and oxygen atoms in total. The monoisotopic (exact) mass is 464 g/mol. The second-order valence-corrected chi connectivity index (χ2v) is 10.2. The van der Waals surface area contributed by atoms with Crippen molar-refractivity contribution in [3.63, 3.8) is 0 Å². The number of amides is 1. The fourth-order valence-corrected chi connectivity index (χ4v) is 3.98. The Morgan fingerprint density at radius 2 is 1.72 bits per heavy atom. The molecule has 2 aromatic carbocycles. The summed E-state index contributed by atoms with van der Waals surface area (Å²) in [4.78, 5) is 12.5. The Balaban J connectivity index is 2.03. The van der Waals surface area contributed by atoms with Crippen LogP contribution >= 0.6 is 0 Å². The van der Waals surface area contributed by atoms with Gasteiger partial charge >= 0.3 is 0 Å². The van der Waals surface area contributed by atoms with Crippen molar-refractivity contribution in [1.29, 1.82) is 0 Å². The molecule has 1 amide bonds. The van der Waals surface area contributed by atoms with Crippen molar-refractivity contribution < 1.29 is 27.4 Å². The minimum absolute atomic E-state index is 0.0761. The standard InChI is InChI=1S/C23H32N2O6S/c1-23(2,3)18-9-7-8-10-20(18)31-14-13-24-22(26)16-25(32(6,27)28)19-12-11-17(29-4)15-21(19)30-5/h7-12,15H,13-14,16H2,1-6H3,(H,24,26). The highest BCUT2D eigenvalue weighted by atomic mass is 32.2. The minimum Gasteiger partial charge on any atom is -0.497 e. The van der Waals surface area contributed by atoms with Gasteiger partial charge in [-0.2, -0.15) is 0 Å². The van der Waals surface area contributed by atoms with Crippen LogP contribution in [0, 0.1) is 0 Å². The summed E-state index contributed by atoms with van der Waals surface area (Å²) in [5.74, 6) is 1.09. The van der Waals surface area contributed by atoms with Gasteiger partial charge in [-0.3, -0.25) is 9.10 Å². The van der Waals surface area contributed by atoms with E-state index in [-0.39, 0.29) is 36.5 Å². The van der Waals surface area contributed by atoms with Gasteiger partial charge in [0.15, 0.2) is 0 Å². The van der Waals surface area contributed by atoms with E-state index >= 15 is 0 Å². The van der Waals surface area contributed by atoms with Crippen LogP contribution in [0.4, 0.5) is 5.69 Å². The summed E-state index contributed by atoms with van der Waals surface area (Å²) in [6.07, 6.45) is 1.04. The second-order valence-electron chi connectivity index (χ2n) is 8.25. The van der Waals surface area contributed by atoms with Crippen molar-refractivity contribution in [3.05, 3.63) is 48.0 Å². The number of nitrogens with zero attached hydrogens (tertiary/aromatic N) is 1. The highest BCUT2D eigenvalue weighted by molar-refractivity contribution is 7.92. The van der Waals surface area contributed by atoms with Gasteiger partial charge < -0.3 is 19.5 Å². The molecule has 0 saturated carbocycles. The molecule has 0 aliphatic rings. The Morgan fingerprint density at radius 3 is 2.31 bits per heavy atom. The van der Waals surface area contributed by atoms with E-state index in [2.05, 4.69) is 26.1 Å². The molecule has 0 unspecified atom stereocenters. The summed E-state index contributed by atoms with van der Waals surface area (Å²) in [5, 5.41) is 2.71. The molecule has 0 aromatic heterocycles. The molecule has 0 atom stereocenters. The maximum Gasteiger partial charge on any atom is 0.240 e. The zero-order valence-electron chi connectivity index (χ0n) is 19.5. The van der Waals surface area contributed by atoms with Gasteiger partial charge in [0, 0.05) is 6.07 Å². The Kier molecular flexibility index (Phi) is 8.38. The van der Waals surface area contributed by atoms with Crippen molar-refractivity contribution in [2.45, 2.75) is 26.2 Å². The lowest BCUT2D eigenvalue weighted by Gasteiger charge is -2.24. The number of sulfonamides is 1. The maximum atomic E-state index is 12.5. The van der Waals surface area contributed by atoms with Crippen LogP contribution in [0.25, 0.3) is 0 Å². The van der Waals surface area contributed by atoms with E-state index in [0.29, 0.717) is 5.75 Å². The molecule has 32 heavy (non-hydrogen) atoms. The first-order valence-electron chi connectivity index (χ1n) is 10.2. The second kappa shape index (κ2) is 10.6. The molecule has 0 saturated heterocycles. The van der Waals surface area contributed by atoms with Gasteiger partial charge in [0.1, 0.15) is 30.4 Å². The zero-order valence-corrected chi connectivity index (χ0v) is 20.3. The number of methoxy groups -OCH3 is 2. The number of para-hydroxylation sites is 1. The zero-order chi connectivity index (χ0) is 23.9. The molecule has 0 radical (unpaired) electrons. The van der Waals surface area contributed by atoms with Gasteiger partial charge in [-0.15, -0.1) is 0 Å². The fraction of sp³-hybridized carbons (Fsp3) is 0.435. The molecule has 2 aromatic rings. The quantitative estimate of drug-likeness (QED) is 0.544. The Morgan fingerprint density at radius 1 is 1.03 bits per heavy atom. The third-order valence-corrected chi connectivity index (χ3v) is 5.85. The molecule has 1 N–H and O–H groups in total. The third-order valence-electron chi connectivity index (χ3n) is 4.72. The van der Waals surface area contributed by atoms with Gasteiger partial charge in [-0.05, 0) is 29.2 Å². The normalized spacial score (nSPS) is 11.6. The van der Waals surface area contributed by atoms with Crippen molar-refractivity contribution in [1.82, 2.24) is 5.32 Å². The van der Waals surface area contributed by atoms with E-state index in [1.807, 2.05) is 24.3 Å². The van der Waals surface area contributed by atoms with Gasteiger partial charge in [-0.1, -0.05) is 39.0 Å². The number of hydrogen-bond donors (Lipinski definition) is 1. The summed E-state index contributed by atoms with van der Waals surface area (Å²) in [7, 11) is -0.820. The molecule has 0 aliphatic heterocycles. The smallest absolute Gasteiger partial charge is 0.240 e. The van der Waals surface area contributed by atoms with E-state index in [9.17, 15) is 13.2 Å². The first kappa shape index (κ1) is 25.3. The molecule has 0 spiro atoms. The molecule has 0 heterocycles. The number of carbonyl (C=O) groups is 1. The lowest BCUT2D eigenvalue weighted by atomic mass is 9.86. The Bertz CT molecular complexity index is 1030.